The van der Waals surface area contributed by atoms with Crippen LogP contribution in [-0.2, 0) is 11.2 Å². The molecule has 0 atom stereocenters. The lowest BCUT2D eigenvalue weighted by atomic mass is 10.1. The Labute approximate surface area is 148 Å². The van der Waals surface area contributed by atoms with Crippen molar-refractivity contribution >= 4 is 35.1 Å². The number of nitrogens with one attached hydrogen (secondary N) is 1. The van der Waals surface area contributed by atoms with Crippen LogP contribution in [0.4, 0.5) is 6.01 Å². The number of carbonyl (C=O) groups excluding carboxylic acids is 1. The smallest absolute Gasteiger partial charge is 0.322 e. The van der Waals surface area contributed by atoms with Crippen LogP contribution in [-0.4, -0.2) is 16.1 Å². The molecule has 0 aliphatic carbocycles. The normalized spacial score (nSPS) is 10.6. The van der Waals surface area contributed by atoms with E-state index in [4.69, 9.17) is 27.6 Å². The Bertz CT molecular complexity index is 873. The Morgan fingerprint density at radius 3 is 2.58 bits per heavy atom. The molecule has 1 amide bonds. The molecule has 1 heterocycles. The molecule has 0 aliphatic heterocycles. The number of nitrogens with zero attached hydrogens (tertiary/aromatic N) is 2. The zero-order valence-corrected chi connectivity index (χ0v) is 14.2. The van der Waals surface area contributed by atoms with Gasteiger partial charge in [0.1, 0.15) is 0 Å². The van der Waals surface area contributed by atoms with E-state index in [1.54, 1.807) is 18.2 Å². The number of anilines is 1. The van der Waals surface area contributed by atoms with Crippen LogP contribution in [0.5, 0.6) is 0 Å². The van der Waals surface area contributed by atoms with Crippen molar-refractivity contribution in [2.75, 3.05) is 5.32 Å². The van der Waals surface area contributed by atoms with E-state index in [1.165, 1.54) is 0 Å². The predicted octanol–water partition coefficient (Wildman–Crippen LogP) is 4.53. The van der Waals surface area contributed by atoms with Crippen LogP contribution in [0.2, 0.25) is 10.0 Å². The maximum Gasteiger partial charge on any atom is 0.322 e. The number of hydrogen-bond donors (Lipinski definition) is 1. The molecule has 0 saturated heterocycles. The highest BCUT2D eigenvalue weighted by molar-refractivity contribution is 6.35. The van der Waals surface area contributed by atoms with Gasteiger partial charge in [-0.15, -0.1) is 5.10 Å². The second-order valence-electron chi connectivity index (χ2n) is 5.28. The molecule has 122 valence electrons. The molecule has 0 fully saturated rings. The molecule has 0 radical (unpaired) electrons. The third-order valence-corrected chi connectivity index (χ3v) is 3.66. The highest BCUT2D eigenvalue weighted by Crippen LogP contribution is 2.27. The minimum absolute atomic E-state index is 0.0266. The van der Waals surface area contributed by atoms with E-state index in [2.05, 4.69) is 15.5 Å². The lowest BCUT2D eigenvalue weighted by molar-refractivity contribution is -0.115. The summed E-state index contributed by atoms with van der Waals surface area (Å²) in [6, 6.07) is 12.7. The number of carbonyl (C=O) groups is 1. The summed E-state index contributed by atoms with van der Waals surface area (Å²) in [5.74, 6) is -0.00909. The maximum atomic E-state index is 12.1. The van der Waals surface area contributed by atoms with Crippen LogP contribution in [0.15, 0.2) is 46.9 Å². The van der Waals surface area contributed by atoms with Crippen molar-refractivity contribution in [3.63, 3.8) is 0 Å². The molecule has 24 heavy (non-hydrogen) atoms. The summed E-state index contributed by atoms with van der Waals surface area (Å²) in [7, 11) is 0. The van der Waals surface area contributed by atoms with E-state index in [1.807, 2.05) is 31.2 Å². The summed E-state index contributed by atoms with van der Waals surface area (Å²) < 4.78 is 5.44. The van der Waals surface area contributed by atoms with Crippen molar-refractivity contribution in [2.24, 2.45) is 0 Å². The first-order valence-corrected chi connectivity index (χ1v) is 7.90. The largest absolute Gasteiger partial charge is 0.403 e. The van der Waals surface area contributed by atoms with E-state index in [-0.39, 0.29) is 24.2 Å². The van der Waals surface area contributed by atoms with Gasteiger partial charge in [-0.25, -0.2) is 0 Å². The number of halogens is 2. The summed E-state index contributed by atoms with van der Waals surface area (Å²) in [6.07, 6.45) is 0.225. The Kier molecular flexibility index (Phi) is 4.83. The fourth-order valence-electron chi connectivity index (χ4n) is 2.24. The second kappa shape index (κ2) is 7.03. The van der Waals surface area contributed by atoms with Crippen molar-refractivity contribution in [2.45, 2.75) is 13.3 Å². The first-order chi connectivity index (χ1) is 11.5. The molecule has 1 aromatic heterocycles. The summed E-state index contributed by atoms with van der Waals surface area (Å²) in [4.78, 5) is 12.1. The summed E-state index contributed by atoms with van der Waals surface area (Å²) >= 11 is 11.9. The standard InChI is InChI=1S/C17H13Cl2N3O2/c1-10-3-2-4-11(5-10)6-15(23)20-17-22-21-16(24-17)12-7-13(18)9-14(19)8-12/h2-5,7-9H,6H2,1H3,(H,20,22,23). The minimum Gasteiger partial charge on any atom is -0.403 e. The third kappa shape index (κ3) is 4.13. The van der Waals surface area contributed by atoms with Gasteiger partial charge in [0.25, 0.3) is 0 Å². The van der Waals surface area contributed by atoms with E-state index < -0.39 is 0 Å². The van der Waals surface area contributed by atoms with Gasteiger partial charge < -0.3 is 4.42 Å². The summed E-state index contributed by atoms with van der Waals surface area (Å²) in [5, 5.41) is 11.2. The SMILES string of the molecule is Cc1cccc(CC(=O)Nc2nnc(-c3cc(Cl)cc(Cl)c3)o2)c1. The quantitative estimate of drug-likeness (QED) is 0.740. The number of rotatable bonds is 4. The van der Waals surface area contributed by atoms with Gasteiger partial charge in [0.05, 0.1) is 6.42 Å². The Morgan fingerprint density at radius 1 is 1.12 bits per heavy atom. The molecule has 0 aliphatic rings. The maximum absolute atomic E-state index is 12.1. The number of benzene rings is 2. The van der Waals surface area contributed by atoms with Crippen molar-refractivity contribution in [1.82, 2.24) is 10.2 Å². The fraction of sp³-hybridized carbons (Fsp3) is 0.118. The Morgan fingerprint density at radius 2 is 1.88 bits per heavy atom. The number of aromatic nitrogens is 2. The van der Waals surface area contributed by atoms with Gasteiger partial charge in [-0.3, -0.25) is 10.1 Å². The van der Waals surface area contributed by atoms with Gasteiger partial charge in [0.2, 0.25) is 11.8 Å². The molecule has 7 heteroatoms. The second-order valence-corrected chi connectivity index (χ2v) is 6.16. The lowest BCUT2D eigenvalue weighted by Crippen LogP contribution is -2.14. The predicted molar refractivity (Wildman–Crippen MR) is 93.3 cm³/mol. The van der Waals surface area contributed by atoms with E-state index in [0.717, 1.165) is 11.1 Å². The van der Waals surface area contributed by atoms with Gasteiger partial charge in [-0.1, -0.05) is 58.1 Å². The van der Waals surface area contributed by atoms with E-state index in [0.29, 0.717) is 15.6 Å². The molecule has 1 N–H and O–H groups in total. The number of hydrogen-bond acceptors (Lipinski definition) is 4. The van der Waals surface area contributed by atoms with Crippen LogP contribution in [0.3, 0.4) is 0 Å². The lowest BCUT2D eigenvalue weighted by Gasteiger charge is -2.02. The zero-order chi connectivity index (χ0) is 17.1. The van der Waals surface area contributed by atoms with Gasteiger partial charge in [-0.2, -0.15) is 0 Å². The van der Waals surface area contributed by atoms with Crippen molar-refractivity contribution < 1.29 is 9.21 Å². The van der Waals surface area contributed by atoms with Crippen molar-refractivity contribution in [1.29, 1.82) is 0 Å². The van der Waals surface area contributed by atoms with Gasteiger partial charge in [0.15, 0.2) is 0 Å². The fourth-order valence-corrected chi connectivity index (χ4v) is 2.76. The molecule has 0 saturated carbocycles. The van der Waals surface area contributed by atoms with Gasteiger partial charge in [-0.05, 0) is 30.7 Å². The zero-order valence-electron chi connectivity index (χ0n) is 12.7. The van der Waals surface area contributed by atoms with Gasteiger partial charge >= 0.3 is 6.01 Å². The first-order valence-electron chi connectivity index (χ1n) is 7.15. The highest BCUT2D eigenvalue weighted by atomic mass is 35.5. The average Bonchev–Trinajstić information content (AvgIpc) is 2.94. The summed E-state index contributed by atoms with van der Waals surface area (Å²) in [5.41, 5.74) is 2.59. The Balaban J connectivity index is 1.70. The monoisotopic (exact) mass is 361 g/mol. The van der Waals surface area contributed by atoms with Crippen molar-refractivity contribution in [3.8, 4) is 11.5 Å². The topological polar surface area (TPSA) is 68.0 Å². The average molecular weight is 362 g/mol. The van der Waals surface area contributed by atoms with Crippen LogP contribution in [0, 0.1) is 6.92 Å². The van der Waals surface area contributed by atoms with E-state index >= 15 is 0 Å². The Hall–Kier alpha value is -2.37. The molecule has 0 unspecified atom stereocenters. The van der Waals surface area contributed by atoms with Crippen molar-refractivity contribution in [3.05, 3.63) is 63.6 Å². The summed E-state index contributed by atoms with van der Waals surface area (Å²) in [6.45, 7) is 1.97. The molecule has 2 aromatic carbocycles. The van der Waals surface area contributed by atoms with Gasteiger partial charge in [0, 0.05) is 15.6 Å². The third-order valence-electron chi connectivity index (χ3n) is 3.23. The molecule has 3 rings (SSSR count). The first kappa shape index (κ1) is 16.5. The highest BCUT2D eigenvalue weighted by Gasteiger charge is 2.13. The number of amides is 1. The molecule has 5 nitrogen and oxygen atoms in total. The van der Waals surface area contributed by atoms with Crippen LogP contribution >= 0.6 is 23.2 Å². The molecular weight excluding hydrogens is 349 g/mol. The van der Waals surface area contributed by atoms with Crippen LogP contribution in [0.1, 0.15) is 11.1 Å². The molecule has 3 aromatic rings. The molecule has 0 bridgehead atoms. The van der Waals surface area contributed by atoms with E-state index in [9.17, 15) is 4.79 Å². The minimum atomic E-state index is -0.236. The van der Waals surface area contributed by atoms with Crippen LogP contribution in [0.25, 0.3) is 11.5 Å². The molecule has 0 spiro atoms. The molecular formula is C17H13Cl2N3O2. The number of aryl methyl sites for hydroxylation is 1. The van der Waals surface area contributed by atoms with Crippen LogP contribution < -0.4 is 5.32 Å².